The fraction of sp³-hybridized carbons (Fsp3) is 0.222. The summed E-state index contributed by atoms with van der Waals surface area (Å²) in [4.78, 5) is 12.2. The monoisotopic (exact) mass is 406 g/mol. The van der Waals surface area contributed by atoms with Crippen LogP contribution in [-0.4, -0.2) is 18.1 Å². The van der Waals surface area contributed by atoms with Crippen LogP contribution in [0.3, 0.4) is 0 Å². The standard InChI is InChI=1S/C18H19BrN2O2S/c1-11(2)12-4-6-13(7-5-12)17(22)21-18(24)20-14-8-9-16(23-3)15(19)10-14/h4-11H,1-3H3,(H2,20,21,22,24). The molecule has 1 amide bonds. The van der Waals surface area contributed by atoms with Crippen LogP contribution in [-0.2, 0) is 0 Å². The quantitative estimate of drug-likeness (QED) is 0.721. The molecule has 2 aromatic rings. The second-order valence-corrected chi connectivity index (χ2v) is 6.80. The second-order valence-electron chi connectivity index (χ2n) is 5.53. The second kappa shape index (κ2) is 8.26. The third kappa shape index (κ3) is 4.79. The van der Waals surface area contributed by atoms with Crippen LogP contribution in [0.4, 0.5) is 5.69 Å². The number of carbonyl (C=O) groups excluding carboxylic acids is 1. The maximum atomic E-state index is 12.2. The minimum absolute atomic E-state index is 0.240. The average molecular weight is 407 g/mol. The Kier molecular flexibility index (Phi) is 6.34. The van der Waals surface area contributed by atoms with Crippen molar-refractivity contribution >= 4 is 44.9 Å². The number of hydrogen-bond donors (Lipinski definition) is 2. The molecule has 2 rings (SSSR count). The zero-order valence-electron chi connectivity index (χ0n) is 13.7. The van der Waals surface area contributed by atoms with Gasteiger partial charge in [0.25, 0.3) is 5.91 Å². The first-order chi connectivity index (χ1) is 11.4. The lowest BCUT2D eigenvalue weighted by atomic mass is 10.0. The molecule has 0 spiro atoms. The van der Waals surface area contributed by atoms with Gasteiger partial charge in [-0.1, -0.05) is 26.0 Å². The van der Waals surface area contributed by atoms with Gasteiger partial charge >= 0.3 is 0 Å². The van der Waals surface area contributed by atoms with E-state index in [4.69, 9.17) is 17.0 Å². The van der Waals surface area contributed by atoms with Gasteiger partial charge in [0.2, 0.25) is 0 Å². The lowest BCUT2D eigenvalue weighted by molar-refractivity contribution is 0.0977. The van der Waals surface area contributed by atoms with Gasteiger partial charge in [-0.2, -0.15) is 0 Å². The summed E-state index contributed by atoms with van der Waals surface area (Å²) in [7, 11) is 1.60. The van der Waals surface area contributed by atoms with E-state index < -0.39 is 0 Å². The molecule has 0 aliphatic carbocycles. The molecule has 24 heavy (non-hydrogen) atoms. The van der Waals surface area contributed by atoms with Crippen LogP contribution in [0.1, 0.15) is 35.7 Å². The normalized spacial score (nSPS) is 10.4. The van der Waals surface area contributed by atoms with E-state index in [2.05, 4.69) is 40.4 Å². The number of hydrogen-bond acceptors (Lipinski definition) is 3. The molecule has 6 heteroatoms. The first kappa shape index (κ1) is 18.4. The summed E-state index contributed by atoms with van der Waals surface area (Å²) < 4.78 is 5.98. The number of nitrogens with one attached hydrogen (secondary N) is 2. The van der Waals surface area contributed by atoms with Gasteiger partial charge in [-0.25, -0.2) is 0 Å². The predicted octanol–water partition coefficient (Wildman–Crippen LogP) is 4.71. The molecule has 0 saturated carbocycles. The van der Waals surface area contributed by atoms with Crippen LogP contribution in [0, 0.1) is 0 Å². The SMILES string of the molecule is COc1ccc(NC(=S)NC(=O)c2ccc(C(C)C)cc2)cc1Br. The third-order valence-electron chi connectivity index (χ3n) is 3.48. The van der Waals surface area contributed by atoms with Gasteiger partial charge < -0.3 is 10.1 Å². The number of methoxy groups -OCH3 is 1. The number of rotatable bonds is 4. The Morgan fingerprint density at radius 2 is 1.83 bits per heavy atom. The van der Waals surface area contributed by atoms with E-state index >= 15 is 0 Å². The van der Waals surface area contributed by atoms with Crippen molar-refractivity contribution < 1.29 is 9.53 Å². The van der Waals surface area contributed by atoms with E-state index in [9.17, 15) is 4.79 Å². The minimum Gasteiger partial charge on any atom is -0.496 e. The lowest BCUT2D eigenvalue weighted by Gasteiger charge is -2.12. The Labute approximate surface area is 155 Å². The molecule has 0 aliphatic rings. The maximum Gasteiger partial charge on any atom is 0.257 e. The van der Waals surface area contributed by atoms with Crippen molar-refractivity contribution in [3.05, 3.63) is 58.1 Å². The van der Waals surface area contributed by atoms with Crippen LogP contribution < -0.4 is 15.4 Å². The molecule has 0 saturated heterocycles. The highest BCUT2D eigenvalue weighted by atomic mass is 79.9. The minimum atomic E-state index is -0.240. The van der Waals surface area contributed by atoms with Gasteiger partial charge in [0, 0.05) is 11.3 Å². The van der Waals surface area contributed by atoms with Crippen molar-refractivity contribution in [1.29, 1.82) is 0 Å². The van der Waals surface area contributed by atoms with Crippen molar-refractivity contribution in [3.63, 3.8) is 0 Å². The molecule has 126 valence electrons. The van der Waals surface area contributed by atoms with Gasteiger partial charge in [-0.05, 0) is 70.0 Å². The van der Waals surface area contributed by atoms with Crippen molar-refractivity contribution in [3.8, 4) is 5.75 Å². The van der Waals surface area contributed by atoms with Crippen LogP contribution >= 0.6 is 28.1 Å². The molecule has 0 atom stereocenters. The van der Waals surface area contributed by atoms with E-state index in [0.29, 0.717) is 11.5 Å². The lowest BCUT2D eigenvalue weighted by Crippen LogP contribution is -2.34. The topological polar surface area (TPSA) is 50.4 Å². The fourth-order valence-electron chi connectivity index (χ4n) is 2.10. The van der Waals surface area contributed by atoms with E-state index in [1.54, 1.807) is 19.2 Å². The highest BCUT2D eigenvalue weighted by Gasteiger charge is 2.09. The number of anilines is 1. The summed E-state index contributed by atoms with van der Waals surface area (Å²) in [5.74, 6) is 0.912. The van der Waals surface area contributed by atoms with Gasteiger partial charge in [0.15, 0.2) is 5.11 Å². The molecule has 2 N–H and O–H groups in total. The summed E-state index contributed by atoms with van der Waals surface area (Å²) in [5, 5.41) is 5.90. The average Bonchev–Trinajstić information content (AvgIpc) is 2.55. The first-order valence-corrected chi connectivity index (χ1v) is 8.66. The molecule has 0 aliphatic heterocycles. The van der Waals surface area contributed by atoms with Crippen LogP contribution in [0.25, 0.3) is 0 Å². The smallest absolute Gasteiger partial charge is 0.257 e. The summed E-state index contributed by atoms with van der Waals surface area (Å²) in [5.41, 5.74) is 2.51. The van der Waals surface area contributed by atoms with Crippen molar-refractivity contribution in [2.24, 2.45) is 0 Å². The molecular weight excluding hydrogens is 388 g/mol. The van der Waals surface area contributed by atoms with Gasteiger partial charge in [-0.3, -0.25) is 10.1 Å². The molecule has 0 aromatic heterocycles. The summed E-state index contributed by atoms with van der Waals surface area (Å²) in [6.45, 7) is 4.22. The molecule has 0 fully saturated rings. The Bertz CT molecular complexity index is 745. The highest BCUT2D eigenvalue weighted by molar-refractivity contribution is 9.10. The van der Waals surface area contributed by atoms with Crippen molar-refractivity contribution in [2.45, 2.75) is 19.8 Å². The number of thiocarbonyl (C=S) groups is 1. The van der Waals surface area contributed by atoms with Crippen molar-refractivity contribution in [1.82, 2.24) is 5.32 Å². The Hall–Kier alpha value is -1.92. The molecule has 4 nitrogen and oxygen atoms in total. The molecule has 0 heterocycles. The van der Waals surface area contributed by atoms with Gasteiger partial charge in [0.1, 0.15) is 5.75 Å². The van der Waals surface area contributed by atoms with Gasteiger partial charge in [-0.15, -0.1) is 0 Å². The van der Waals surface area contributed by atoms with E-state index in [1.165, 1.54) is 5.56 Å². The van der Waals surface area contributed by atoms with Crippen LogP contribution in [0.2, 0.25) is 0 Å². The van der Waals surface area contributed by atoms with E-state index in [-0.39, 0.29) is 11.0 Å². The number of ether oxygens (including phenoxy) is 1. The van der Waals surface area contributed by atoms with E-state index in [1.807, 2.05) is 30.3 Å². The largest absolute Gasteiger partial charge is 0.496 e. The zero-order chi connectivity index (χ0) is 17.7. The molecular formula is C18H19BrN2O2S. The summed E-state index contributed by atoms with van der Waals surface area (Å²) in [6, 6.07) is 13.0. The Morgan fingerprint density at radius 3 is 2.38 bits per heavy atom. The number of amides is 1. The summed E-state index contributed by atoms with van der Waals surface area (Å²) in [6.07, 6.45) is 0. The fourth-order valence-corrected chi connectivity index (χ4v) is 2.85. The molecule has 0 radical (unpaired) electrons. The summed E-state index contributed by atoms with van der Waals surface area (Å²) >= 11 is 8.60. The van der Waals surface area contributed by atoms with Crippen LogP contribution in [0.5, 0.6) is 5.75 Å². The molecule has 2 aromatic carbocycles. The molecule has 0 unspecified atom stereocenters. The van der Waals surface area contributed by atoms with E-state index in [0.717, 1.165) is 15.9 Å². The molecule has 0 bridgehead atoms. The predicted molar refractivity (Wildman–Crippen MR) is 105 cm³/mol. The zero-order valence-corrected chi connectivity index (χ0v) is 16.1. The van der Waals surface area contributed by atoms with Crippen LogP contribution in [0.15, 0.2) is 46.9 Å². The third-order valence-corrected chi connectivity index (χ3v) is 4.30. The Morgan fingerprint density at radius 1 is 1.17 bits per heavy atom. The maximum absolute atomic E-state index is 12.2. The number of halogens is 1. The first-order valence-electron chi connectivity index (χ1n) is 7.46. The number of carbonyl (C=O) groups is 1. The highest BCUT2D eigenvalue weighted by Crippen LogP contribution is 2.27. The van der Waals surface area contributed by atoms with Crippen molar-refractivity contribution in [2.75, 3.05) is 12.4 Å². The van der Waals surface area contributed by atoms with Gasteiger partial charge in [0.05, 0.1) is 11.6 Å². The number of benzene rings is 2. The Balaban J connectivity index is 1.98.